The molecule has 4 saturated heterocycles. The minimum Gasteiger partial charge on any atom is -0.491 e. The first-order valence-corrected chi connectivity index (χ1v) is 27.8. The molecule has 18 heteroatoms. The van der Waals surface area contributed by atoms with Crippen LogP contribution >= 0.6 is 22.6 Å². The van der Waals surface area contributed by atoms with E-state index in [4.69, 9.17) is 23.7 Å². The number of ether oxygens (including phenoxy) is 5. The second kappa shape index (κ2) is 23.3. The van der Waals surface area contributed by atoms with Crippen LogP contribution in [0.5, 0.6) is 11.5 Å². The van der Waals surface area contributed by atoms with Gasteiger partial charge in [0.1, 0.15) is 73.5 Å². The zero-order valence-electron chi connectivity index (χ0n) is 44.3. The van der Waals surface area contributed by atoms with Crippen molar-refractivity contribution >= 4 is 63.9 Å². The van der Waals surface area contributed by atoms with E-state index in [0.29, 0.717) is 40.3 Å². The highest BCUT2D eigenvalue weighted by Crippen LogP contribution is 2.65. The lowest BCUT2D eigenvalue weighted by Gasteiger charge is -2.46. The number of aliphatic hydroxyl groups is 1. The first-order chi connectivity index (χ1) is 38.1. The first-order valence-electron chi connectivity index (χ1n) is 26.8. The van der Waals surface area contributed by atoms with E-state index in [-0.39, 0.29) is 51.3 Å². The maximum Gasteiger partial charge on any atom is 0.325 e. The number of nitrogens with one attached hydrogen (secondary N) is 2. The summed E-state index contributed by atoms with van der Waals surface area (Å²) >= 11 is 2.18. The summed E-state index contributed by atoms with van der Waals surface area (Å²) in [7, 11) is 6.32. The fourth-order valence-electron chi connectivity index (χ4n) is 12.5. The fourth-order valence-corrected chi connectivity index (χ4v) is 13.0. The van der Waals surface area contributed by atoms with E-state index in [2.05, 4.69) is 60.9 Å². The number of hydrogen-bond acceptors (Lipinski definition) is 13. The molecule has 5 aliphatic rings. The standard InChI is InChI=1S/C61H64IN5O12/c1-5-30-77-58(72)49-52-59(73)79-53(38-17-10-7-11-18-38)51(37-15-8-6-9-16-37)66(52)54(61(49)45-35-41(62)24-27-46(45)64-60(61)74)39-22-25-42(26-23-39)76-32-33-78-57(71)44-36-48-55(69)63-47(21-12-13-28-67(2,3)4)56(70)65(48)50(44)40-19-14-20-43(34-40)75-31-29-68/h5-11,14-20,22-27,34-35,44,47-54,68H,1,12-13,21,28-33,36H2,2-4H3,(H-,63,64,69,74)/p+1/t44-,47+,48-,49+,50-,51+,52+,53-,54-,61+/m1/s1. The average Bonchev–Trinajstić information content (AvgIpc) is 2.85. The van der Waals surface area contributed by atoms with E-state index < -0.39 is 83.4 Å². The maximum absolute atomic E-state index is 15.3. The number of carbonyl (C=O) groups excluding carboxylic acids is 6. The number of fused-ring (bicyclic) bond motifs is 4. The summed E-state index contributed by atoms with van der Waals surface area (Å²) in [5.41, 5.74) is 2.06. The lowest BCUT2D eigenvalue weighted by Crippen LogP contribution is -2.61. The Morgan fingerprint density at radius 2 is 1.48 bits per heavy atom. The van der Waals surface area contributed by atoms with Crippen molar-refractivity contribution in [3.05, 3.63) is 171 Å². The van der Waals surface area contributed by atoms with Crippen molar-refractivity contribution < 1.29 is 62.0 Å². The van der Waals surface area contributed by atoms with E-state index in [1.165, 1.54) is 6.08 Å². The normalized spacial score (nSPS) is 26.1. The lowest BCUT2D eigenvalue weighted by molar-refractivity contribution is -0.870. The van der Waals surface area contributed by atoms with Crippen molar-refractivity contribution in [2.45, 2.75) is 73.5 Å². The average molecular weight is 1190 g/mol. The Hall–Kier alpha value is -7.13. The Morgan fingerprint density at radius 3 is 2.19 bits per heavy atom. The number of unbranched alkanes of at least 4 members (excludes halogenated alkanes) is 1. The highest BCUT2D eigenvalue weighted by Gasteiger charge is 2.74. The summed E-state index contributed by atoms with van der Waals surface area (Å²) in [4.78, 5) is 91.0. The van der Waals surface area contributed by atoms with Crippen LogP contribution in [0.15, 0.2) is 140 Å². The number of morpholine rings is 1. The number of halogens is 1. The van der Waals surface area contributed by atoms with Gasteiger partial charge in [0, 0.05) is 9.26 Å². The third-order valence-electron chi connectivity index (χ3n) is 15.8. The SMILES string of the molecule is C=CCOC(=O)[C@@H]1[C@H]2C(=O)O[C@H](c3ccccc3)[C@H](c3ccccc3)N2[C@H](c2ccc(OCCOC(=O)[C@@H]3C[C@@H]4C(=O)N[C@@H](CCCC[N+](C)(C)C)C(=O)N4[C@@H]3c3cccc(OCCO)c3)cc2)[C@@]12C(=O)Nc1ccc(I)cc12. The molecule has 0 aliphatic carbocycles. The molecule has 5 aliphatic heterocycles. The summed E-state index contributed by atoms with van der Waals surface area (Å²) in [5, 5.41) is 15.5. The zero-order chi connectivity index (χ0) is 55.6. The maximum atomic E-state index is 15.3. The van der Waals surface area contributed by atoms with Gasteiger partial charge in [0.05, 0.1) is 58.3 Å². The molecule has 10 atom stereocenters. The van der Waals surface area contributed by atoms with Crippen LogP contribution in [0.3, 0.4) is 0 Å². The zero-order valence-corrected chi connectivity index (χ0v) is 46.5. The monoisotopic (exact) mass is 1190 g/mol. The van der Waals surface area contributed by atoms with E-state index >= 15 is 4.79 Å². The Kier molecular flexibility index (Phi) is 16.3. The molecular formula is C61H65IN5O12+. The van der Waals surface area contributed by atoms with Gasteiger partial charge in [0.25, 0.3) is 0 Å². The predicted molar refractivity (Wildman–Crippen MR) is 299 cm³/mol. The lowest BCUT2D eigenvalue weighted by atomic mass is 9.65. The van der Waals surface area contributed by atoms with Gasteiger partial charge in [-0.2, -0.15) is 0 Å². The van der Waals surface area contributed by atoms with E-state index in [1.54, 1.807) is 47.4 Å². The van der Waals surface area contributed by atoms with Crippen molar-refractivity contribution in [3.63, 3.8) is 0 Å². The molecule has 0 radical (unpaired) electrons. The largest absolute Gasteiger partial charge is 0.491 e. The number of quaternary nitrogens is 1. The molecule has 5 aromatic carbocycles. The number of piperazine rings is 1. The van der Waals surface area contributed by atoms with Crippen LogP contribution in [0.2, 0.25) is 0 Å². The van der Waals surface area contributed by atoms with E-state index in [9.17, 15) is 29.1 Å². The highest BCUT2D eigenvalue weighted by molar-refractivity contribution is 14.1. The number of amides is 3. The molecule has 412 valence electrons. The van der Waals surface area contributed by atoms with E-state index in [0.717, 1.165) is 38.6 Å². The molecule has 10 rings (SSSR count). The van der Waals surface area contributed by atoms with Crippen LogP contribution in [0, 0.1) is 15.4 Å². The third-order valence-corrected chi connectivity index (χ3v) is 16.4. The minimum absolute atomic E-state index is 0.0449. The molecule has 0 aromatic heterocycles. The molecule has 4 fully saturated rings. The first kappa shape index (κ1) is 55.2. The van der Waals surface area contributed by atoms with Crippen molar-refractivity contribution in [1.82, 2.24) is 15.1 Å². The fraction of sp³-hybridized carbons (Fsp3) is 0.377. The molecule has 5 heterocycles. The molecule has 5 aromatic rings. The molecule has 1 spiro atoms. The Morgan fingerprint density at radius 1 is 0.772 bits per heavy atom. The van der Waals surface area contributed by atoms with Gasteiger partial charge in [0.15, 0.2) is 0 Å². The van der Waals surface area contributed by atoms with Crippen LogP contribution in [0.4, 0.5) is 5.69 Å². The molecular weight excluding hydrogens is 1120 g/mol. The molecule has 0 saturated carbocycles. The number of hydrogen-bond donors (Lipinski definition) is 3. The second-order valence-electron chi connectivity index (χ2n) is 21.7. The number of aliphatic hydroxyl groups excluding tert-OH is 1. The van der Waals surface area contributed by atoms with Gasteiger partial charge in [-0.25, -0.2) is 0 Å². The summed E-state index contributed by atoms with van der Waals surface area (Å²) in [5.74, 6) is -4.52. The smallest absolute Gasteiger partial charge is 0.325 e. The molecule has 17 nitrogen and oxygen atoms in total. The van der Waals surface area contributed by atoms with Crippen LogP contribution in [0.25, 0.3) is 0 Å². The quantitative estimate of drug-likeness (QED) is 0.0182. The number of benzene rings is 5. The number of carbonyl (C=O) groups is 6. The molecule has 3 N–H and O–H groups in total. The molecule has 0 unspecified atom stereocenters. The van der Waals surface area contributed by atoms with Gasteiger partial charge in [0.2, 0.25) is 17.7 Å². The summed E-state index contributed by atoms with van der Waals surface area (Å²) in [6.07, 6.45) is 2.69. The Bertz CT molecular complexity index is 3100. The number of anilines is 1. The molecule has 0 bridgehead atoms. The summed E-state index contributed by atoms with van der Waals surface area (Å²) < 4.78 is 31.8. The van der Waals surface area contributed by atoms with Gasteiger partial charge in [-0.15, -0.1) is 0 Å². The minimum atomic E-state index is -1.72. The van der Waals surface area contributed by atoms with Gasteiger partial charge in [-0.1, -0.05) is 97.6 Å². The molecule has 3 amide bonds. The number of esters is 3. The van der Waals surface area contributed by atoms with Crippen molar-refractivity contribution in [1.29, 1.82) is 0 Å². The number of cyclic esters (lactones) is 1. The topological polar surface area (TPSA) is 199 Å². The van der Waals surface area contributed by atoms with Gasteiger partial charge < -0.3 is 48.8 Å². The van der Waals surface area contributed by atoms with Crippen molar-refractivity contribution in [3.8, 4) is 11.5 Å². The van der Waals surface area contributed by atoms with Crippen LogP contribution in [-0.4, -0.2) is 134 Å². The summed E-state index contributed by atoms with van der Waals surface area (Å²) in [6.45, 7) is 4.11. The van der Waals surface area contributed by atoms with Gasteiger partial charge in [-0.05, 0) is 119 Å². The molecule has 79 heavy (non-hydrogen) atoms. The van der Waals surface area contributed by atoms with Crippen LogP contribution in [-0.2, 0) is 48.4 Å². The predicted octanol–water partition coefficient (Wildman–Crippen LogP) is 6.92. The van der Waals surface area contributed by atoms with Gasteiger partial charge in [-0.3, -0.25) is 33.7 Å². The van der Waals surface area contributed by atoms with Crippen molar-refractivity contribution in [2.75, 3.05) is 66.0 Å². The Balaban J connectivity index is 0.934. The van der Waals surface area contributed by atoms with Gasteiger partial charge >= 0.3 is 17.9 Å². The third kappa shape index (κ3) is 10.7. The Labute approximate surface area is 472 Å². The van der Waals surface area contributed by atoms with Crippen molar-refractivity contribution in [2.24, 2.45) is 11.8 Å². The van der Waals surface area contributed by atoms with E-state index in [1.807, 2.05) is 89.8 Å². The highest BCUT2D eigenvalue weighted by atomic mass is 127. The van der Waals surface area contributed by atoms with Crippen LogP contribution in [0.1, 0.15) is 77.7 Å². The second-order valence-corrected chi connectivity index (χ2v) is 22.9. The number of rotatable bonds is 20. The number of nitrogens with zero attached hydrogens (tertiary/aromatic N) is 3. The van der Waals surface area contributed by atoms with Crippen LogP contribution < -0.4 is 20.1 Å². The summed E-state index contributed by atoms with van der Waals surface area (Å²) in [6, 6.07) is 33.3.